The first-order valence-electron chi connectivity index (χ1n) is 7.21. The standard InChI is InChI=1S/C17H16ClN2O3P/c1-23-24(2,22)16-15(12-6-4-3-5-7-12)19-20(17(16)21)14-10-8-13(18)9-11-14/h3-11,21H,1-2H3. The van der Waals surface area contributed by atoms with Crippen LogP contribution in [0.5, 0.6) is 5.88 Å². The molecule has 124 valence electrons. The molecule has 0 fully saturated rings. The number of rotatable bonds is 4. The average Bonchev–Trinajstić information content (AvgIpc) is 2.94. The third-order valence-corrected chi connectivity index (χ3v) is 5.88. The Bertz CT molecular complexity index is 908. The van der Waals surface area contributed by atoms with Crippen LogP contribution >= 0.6 is 19.0 Å². The lowest BCUT2D eigenvalue weighted by Crippen LogP contribution is -2.07. The Labute approximate surface area is 144 Å². The van der Waals surface area contributed by atoms with Crippen LogP contribution in [0.25, 0.3) is 16.9 Å². The van der Waals surface area contributed by atoms with E-state index in [1.807, 2.05) is 30.3 Å². The Morgan fingerprint density at radius 2 is 1.75 bits per heavy atom. The third-order valence-electron chi connectivity index (χ3n) is 3.71. The summed E-state index contributed by atoms with van der Waals surface area (Å²) in [5.74, 6) is -0.205. The lowest BCUT2D eigenvalue weighted by atomic mass is 10.1. The number of halogens is 1. The summed E-state index contributed by atoms with van der Waals surface area (Å²) in [6.07, 6.45) is 0. The van der Waals surface area contributed by atoms with E-state index in [1.54, 1.807) is 24.3 Å². The molecule has 1 aromatic heterocycles. The molecule has 0 radical (unpaired) electrons. The highest BCUT2D eigenvalue weighted by molar-refractivity contribution is 7.66. The number of aromatic nitrogens is 2. The van der Waals surface area contributed by atoms with Gasteiger partial charge in [-0.2, -0.15) is 9.78 Å². The molecule has 0 aliphatic rings. The van der Waals surface area contributed by atoms with Crippen LogP contribution in [0, 0.1) is 0 Å². The molecule has 2 aromatic carbocycles. The van der Waals surface area contributed by atoms with E-state index in [-0.39, 0.29) is 11.2 Å². The maximum absolute atomic E-state index is 12.8. The summed E-state index contributed by atoms with van der Waals surface area (Å²) in [5.41, 5.74) is 1.78. The minimum absolute atomic E-state index is 0.200. The molecule has 1 heterocycles. The Hall–Kier alpha value is -2.07. The van der Waals surface area contributed by atoms with Crippen molar-refractivity contribution in [1.82, 2.24) is 9.78 Å². The van der Waals surface area contributed by atoms with Crippen molar-refractivity contribution in [2.45, 2.75) is 0 Å². The highest BCUT2D eigenvalue weighted by Gasteiger charge is 2.32. The van der Waals surface area contributed by atoms with Crippen molar-refractivity contribution in [2.75, 3.05) is 13.8 Å². The van der Waals surface area contributed by atoms with Crippen molar-refractivity contribution >= 4 is 24.3 Å². The van der Waals surface area contributed by atoms with Gasteiger partial charge in [-0.05, 0) is 24.3 Å². The van der Waals surface area contributed by atoms with E-state index in [0.29, 0.717) is 16.4 Å². The number of benzene rings is 2. The molecule has 0 bridgehead atoms. The minimum atomic E-state index is -3.24. The maximum atomic E-state index is 12.8. The molecule has 0 aliphatic carbocycles. The maximum Gasteiger partial charge on any atom is 0.236 e. The molecular formula is C17H16ClN2O3P. The molecule has 1 atom stereocenters. The van der Waals surface area contributed by atoms with Gasteiger partial charge in [-0.3, -0.25) is 4.57 Å². The second-order valence-electron chi connectivity index (χ2n) is 5.30. The van der Waals surface area contributed by atoms with Crippen LogP contribution in [0.15, 0.2) is 54.6 Å². The summed E-state index contributed by atoms with van der Waals surface area (Å²) in [5, 5.41) is 15.9. The molecule has 0 spiro atoms. The summed E-state index contributed by atoms with van der Waals surface area (Å²) in [7, 11) is -1.88. The van der Waals surface area contributed by atoms with Gasteiger partial charge < -0.3 is 9.63 Å². The molecule has 3 aromatic rings. The zero-order valence-electron chi connectivity index (χ0n) is 13.2. The minimum Gasteiger partial charge on any atom is -0.493 e. The van der Waals surface area contributed by atoms with Crippen molar-refractivity contribution in [3.63, 3.8) is 0 Å². The van der Waals surface area contributed by atoms with E-state index >= 15 is 0 Å². The summed E-state index contributed by atoms with van der Waals surface area (Å²) < 4.78 is 19.3. The van der Waals surface area contributed by atoms with Crippen LogP contribution in [-0.4, -0.2) is 28.7 Å². The van der Waals surface area contributed by atoms with Crippen LogP contribution in [0.4, 0.5) is 0 Å². The normalized spacial score (nSPS) is 13.6. The monoisotopic (exact) mass is 362 g/mol. The van der Waals surface area contributed by atoms with Crippen LogP contribution < -0.4 is 5.30 Å². The molecule has 0 aliphatic heterocycles. The predicted molar refractivity (Wildman–Crippen MR) is 95.8 cm³/mol. The molecule has 0 saturated heterocycles. The first kappa shape index (κ1) is 16.8. The smallest absolute Gasteiger partial charge is 0.236 e. The first-order valence-corrected chi connectivity index (χ1v) is 9.66. The van der Waals surface area contributed by atoms with Gasteiger partial charge >= 0.3 is 0 Å². The Balaban J connectivity index is 2.27. The van der Waals surface area contributed by atoms with E-state index < -0.39 is 7.37 Å². The van der Waals surface area contributed by atoms with Gasteiger partial charge in [-0.15, -0.1) is 0 Å². The van der Waals surface area contributed by atoms with E-state index in [0.717, 1.165) is 5.56 Å². The molecule has 3 rings (SSSR count). The summed E-state index contributed by atoms with van der Waals surface area (Å²) in [6, 6.07) is 16.1. The van der Waals surface area contributed by atoms with E-state index in [4.69, 9.17) is 16.1 Å². The second kappa shape index (κ2) is 6.44. The van der Waals surface area contributed by atoms with Gasteiger partial charge in [0.15, 0.2) is 0 Å². The van der Waals surface area contributed by atoms with Crippen LogP contribution in [-0.2, 0) is 9.09 Å². The summed E-state index contributed by atoms with van der Waals surface area (Å²) in [6.45, 7) is 1.46. The van der Waals surface area contributed by atoms with Crippen molar-refractivity contribution in [1.29, 1.82) is 0 Å². The second-order valence-corrected chi connectivity index (χ2v) is 8.24. The Morgan fingerprint density at radius 1 is 1.12 bits per heavy atom. The van der Waals surface area contributed by atoms with Gasteiger partial charge in [0.25, 0.3) is 0 Å². The third kappa shape index (κ3) is 2.98. The fraction of sp³-hybridized carbons (Fsp3) is 0.118. The lowest BCUT2D eigenvalue weighted by molar-refractivity contribution is 0.403. The van der Waals surface area contributed by atoms with E-state index in [1.165, 1.54) is 18.5 Å². The van der Waals surface area contributed by atoms with Gasteiger partial charge in [0.05, 0.1) is 5.69 Å². The van der Waals surface area contributed by atoms with Gasteiger partial charge in [0, 0.05) is 24.4 Å². The fourth-order valence-electron chi connectivity index (χ4n) is 2.42. The predicted octanol–water partition coefficient (Wildman–Crippen LogP) is 4.08. The molecule has 24 heavy (non-hydrogen) atoms. The number of nitrogens with zero attached hydrogens (tertiary/aromatic N) is 2. The fourth-order valence-corrected chi connectivity index (χ4v) is 3.74. The van der Waals surface area contributed by atoms with Crippen LogP contribution in [0.3, 0.4) is 0 Å². The number of hydrogen-bond donors (Lipinski definition) is 1. The highest BCUT2D eigenvalue weighted by Crippen LogP contribution is 2.46. The van der Waals surface area contributed by atoms with Gasteiger partial charge in [0.1, 0.15) is 11.0 Å². The van der Waals surface area contributed by atoms with Gasteiger partial charge in [0.2, 0.25) is 13.2 Å². The topological polar surface area (TPSA) is 64.3 Å². The SMILES string of the molecule is COP(C)(=O)c1c(-c2ccccc2)nn(-c2ccc(Cl)cc2)c1O. The lowest BCUT2D eigenvalue weighted by Gasteiger charge is -2.11. The molecule has 5 nitrogen and oxygen atoms in total. The summed E-state index contributed by atoms with van der Waals surface area (Å²) >= 11 is 5.91. The molecule has 0 amide bonds. The first-order chi connectivity index (χ1) is 11.4. The molecule has 7 heteroatoms. The van der Waals surface area contributed by atoms with E-state index in [2.05, 4.69) is 5.10 Å². The zero-order chi connectivity index (χ0) is 17.3. The average molecular weight is 363 g/mol. The summed E-state index contributed by atoms with van der Waals surface area (Å²) in [4.78, 5) is 0. The van der Waals surface area contributed by atoms with Crippen molar-refractivity contribution in [3.8, 4) is 22.8 Å². The molecule has 0 saturated carbocycles. The highest BCUT2D eigenvalue weighted by atomic mass is 35.5. The zero-order valence-corrected chi connectivity index (χ0v) is 14.8. The molecule has 1 unspecified atom stereocenters. The Morgan fingerprint density at radius 3 is 2.33 bits per heavy atom. The number of hydrogen-bond acceptors (Lipinski definition) is 4. The van der Waals surface area contributed by atoms with Crippen LogP contribution in [0.2, 0.25) is 5.02 Å². The van der Waals surface area contributed by atoms with Crippen LogP contribution in [0.1, 0.15) is 0 Å². The van der Waals surface area contributed by atoms with E-state index in [9.17, 15) is 9.67 Å². The van der Waals surface area contributed by atoms with Crippen molar-refractivity contribution in [2.24, 2.45) is 0 Å². The molecular weight excluding hydrogens is 347 g/mol. The van der Waals surface area contributed by atoms with Crippen molar-refractivity contribution in [3.05, 3.63) is 59.6 Å². The quantitative estimate of drug-likeness (QED) is 0.710. The Kier molecular flexibility index (Phi) is 4.50. The number of aromatic hydroxyl groups is 1. The van der Waals surface area contributed by atoms with Crippen molar-refractivity contribution < 1.29 is 14.2 Å². The van der Waals surface area contributed by atoms with Gasteiger partial charge in [-0.25, -0.2) is 0 Å². The largest absolute Gasteiger partial charge is 0.493 e. The van der Waals surface area contributed by atoms with Gasteiger partial charge in [-0.1, -0.05) is 41.9 Å². The molecule has 1 N–H and O–H groups in total.